The van der Waals surface area contributed by atoms with E-state index in [1.807, 2.05) is 0 Å². The molecule has 2 N–H and O–H groups in total. The molecular formula is C16H26F2N2O3. The third-order valence-electron chi connectivity index (χ3n) is 5.10. The van der Waals surface area contributed by atoms with E-state index in [2.05, 4.69) is 5.32 Å². The Hall–Kier alpha value is -1.24. The molecule has 2 amide bonds. The second kappa shape index (κ2) is 6.71. The molecular weight excluding hydrogens is 306 g/mol. The van der Waals surface area contributed by atoms with Gasteiger partial charge in [-0.05, 0) is 32.1 Å². The van der Waals surface area contributed by atoms with Crippen molar-refractivity contribution < 1.29 is 23.5 Å². The minimum Gasteiger partial charge on any atom is -0.383 e. The molecule has 5 nitrogen and oxygen atoms in total. The summed E-state index contributed by atoms with van der Waals surface area (Å²) < 4.78 is 28.6. The SMILES string of the molecule is CN(C)C(=O)[C@@H]1CCC[C@H](NC(=O)C(F)(F)C2(O)CCCC2)C1. The van der Waals surface area contributed by atoms with Gasteiger partial charge in [-0.25, -0.2) is 0 Å². The molecule has 0 saturated heterocycles. The quantitative estimate of drug-likeness (QED) is 0.823. The van der Waals surface area contributed by atoms with Crippen LogP contribution >= 0.6 is 0 Å². The first-order valence-corrected chi connectivity index (χ1v) is 8.30. The number of carbonyl (C=O) groups is 2. The van der Waals surface area contributed by atoms with Crippen molar-refractivity contribution in [2.24, 2.45) is 5.92 Å². The van der Waals surface area contributed by atoms with Gasteiger partial charge in [0.2, 0.25) is 5.91 Å². The van der Waals surface area contributed by atoms with E-state index in [0.717, 1.165) is 0 Å². The average molecular weight is 332 g/mol. The van der Waals surface area contributed by atoms with Crippen molar-refractivity contribution in [3.05, 3.63) is 0 Å². The largest absolute Gasteiger partial charge is 0.383 e. The lowest BCUT2D eigenvalue weighted by molar-refractivity contribution is -0.191. The van der Waals surface area contributed by atoms with Crippen LogP contribution in [-0.2, 0) is 9.59 Å². The molecule has 2 aliphatic carbocycles. The summed E-state index contributed by atoms with van der Waals surface area (Å²) in [5.74, 6) is -5.48. The van der Waals surface area contributed by atoms with Crippen LogP contribution in [0, 0.1) is 5.92 Å². The molecule has 7 heteroatoms. The maximum Gasteiger partial charge on any atom is 0.352 e. The number of nitrogens with zero attached hydrogens (tertiary/aromatic N) is 1. The topological polar surface area (TPSA) is 69.6 Å². The van der Waals surface area contributed by atoms with Crippen LogP contribution in [0.2, 0.25) is 0 Å². The Morgan fingerprint density at radius 3 is 2.35 bits per heavy atom. The van der Waals surface area contributed by atoms with E-state index >= 15 is 0 Å². The molecule has 0 bridgehead atoms. The van der Waals surface area contributed by atoms with Gasteiger partial charge in [0.1, 0.15) is 5.60 Å². The zero-order valence-corrected chi connectivity index (χ0v) is 13.8. The van der Waals surface area contributed by atoms with Crippen molar-refractivity contribution in [1.82, 2.24) is 10.2 Å². The van der Waals surface area contributed by atoms with Crippen LogP contribution in [0.15, 0.2) is 0 Å². The number of halogens is 2. The maximum absolute atomic E-state index is 14.3. The highest BCUT2D eigenvalue weighted by atomic mass is 19.3. The maximum atomic E-state index is 14.3. The Balaban J connectivity index is 1.98. The Labute approximate surface area is 135 Å². The van der Waals surface area contributed by atoms with Crippen LogP contribution in [0.5, 0.6) is 0 Å². The van der Waals surface area contributed by atoms with E-state index in [1.54, 1.807) is 14.1 Å². The number of hydrogen-bond donors (Lipinski definition) is 2. The fraction of sp³-hybridized carbons (Fsp3) is 0.875. The predicted molar refractivity (Wildman–Crippen MR) is 80.9 cm³/mol. The molecule has 0 aromatic rings. The Morgan fingerprint density at radius 2 is 1.78 bits per heavy atom. The molecule has 132 valence electrons. The number of alkyl halides is 2. The van der Waals surface area contributed by atoms with Crippen LogP contribution < -0.4 is 5.32 Å². The van der Waals surface area contributed by atoms with Gasteiger partial charge in [-0.1, -0.05) is 19.3 Å². The number of nitrogens with one attached hydrogen (secondary N) is 1. The third kappa shape index (κ3) is 3.65. The van der Waals surface area contributed by atoms with Gasteiger partial charge in [-0.2, -0.15) is 8.78 Å². The average Bonchev–Trinajstić information content (AvgIpc) is 2.95. The molecule has 2 aliphatic rings. The molecule has 0 aromatic carbocycles. The molecule has 23 heavy (non-hydrogen) atoms. The van der Waals surface area contributed by atoms with Gasteiger partial charge < -0.3 is 15.3 Å². The first-order chi connectivity index (χ1) is 10.7. The third-order valence-corrected chi connectivity index (χ3v) is 5.10. The molecule has 0 aromatic heterocycles. The van der Waals surface area contributed by atoms with Crippen molar-refractivity contribution in [3.63, 3.8) is 0 Å². The lowest BCUT2D eigenvalue weighted by Crippen LogP contribution is -2.58. The first kappa shape index (κ1) is 18.1. The summed E-state index contributed by atoms with van der Waals surface area (Å²) in [5.41, 5.74) is -2.23. The number of rotatable bonds is 4. The number of carbonyl (C=O) groups excluding carboxylic acids is 2. The van der Waals surface area contributed by atoms with Crippen molar-refractivity contribution >= 4 is 11.8 Å². The van der Waals surface area contributed by atoms with Crippen LogP contribution in [0.3, 0.4) is 0 Å². The lowest BCUT2D eigenvalue weighted by Gasteiger charge is -2.34. The van der Waals surface area contributed by atoms with Gasteiger partial charge in [0.05, 0.1) is 0 Å². The van der Waals surface area contributed by atoms with Crippen LogP contribution in [-0.4, -0.2) is 53.5 Å². The fourth-order valence-corrected chi connectivity index (χ4v) is 3.67. The van der Waals surface area contributed by atoms with Crippen LogP contribution in [0.4, 0.5) is 8.78 Å². The first-order valence-electron chi connectivity index (χ1n) is 8.30. The van der Waals surface area contributed by atoms with Gasteiger partial charge >= 0.3 is 5.92 Å². The van der Waals surface area contributed by atoms with E-state index in [1.165, 1.54) is 4.90 Å². The standard InChI is InChI=1S/C16H26F2N2O3/c1-20(2)13(21)11-6-5-7-12(10-11)19-14(22)16(17,18)15(23)8-3-4-9-15/h11-12,23H,3-10H2,1-2H3,(H,19,22)/t11-,12+/m1/s1. The molecule has 2 saturated carbocycles. The molecule has 0 spiro atoms. The van der Waals surface area contributed by atoms with E-state index in [9.17, 15) is 23.5 Å². The van der Waals surface area contributed by atoms with E-state index in [-0.39, 0.29) is 24.7 Å². The predicted octanol–water partition coefficient (Wildman–Crippen LogP) is 1.69. The molecule has 0 radical (unpaired) electrons. The molecule has 0 heterocycles. The number of amides is 2. The Bertz CT molecular complexity index is 462. The van der Waals surface area contributed by atoms with Crippen LogP contribution in [0.1, 0.15) is 51.4 Å². The van der Waals surface area contributed by atoms with E-state index in [0.29, 0.717) is 38.5 Å². The molecule has 0 aliphatic heterocycles. The molecule has 0 unspecified atom stereocenters. The van der Waals surface area contributed by atoms with Crippen LogP contribution in [0.25, 0.3) is 0 Å². The molecule has 2 fully saturated rings. The normalized spacial score (nSPS) is 27.5. The fourth-order valence-electron chi connectivity index (χ4n) is 3.67. The zero-order chi connectivity index (χ0) is 17.3. The second-order valence-electron chi connectivity index (χ2n) is 7.08. The second-order valence-corrected chi connectivity index (χ2v) is 7.08. The van der Waals surface area contributed by atoms with Gasteiger partial charge in [-0.15, -0.1) is 0 Å². The van der Waals surface area contributed by atoms with Crippen molar-refractivity contribution in [3.8, 4) is 0 Å². The monoisotopic (exact) mass is 332 g/mol. The van der Waals surface area contributed by atoms with Crippen molar-refractivity contribution in [2.75, 3.05) is 14.1 Å². The summed E-state index contributed by atoms with van der Waals surface area (Å²) in [6.07, 6.45) is 3.27. The minimum absolute atomic E-state index is 0.0369. The summed E-state index contributed by atoms with van der Waals surface area (Å²) in [6.45, 7) is 0. The van der Waals surface area contributed by atoms with Crippen molar-refractivity contribution in [1.29, 1.82) is 0 Å². The highest BCUT2D eigenvalue weighted by Crippen LogP contribution is 2.42. The van der Waals surface area contributed by atoms with Gasteiger partial charge in [-0.3, -0.25) is 9.59 Å². The Kier molecular flexibility index (Phi) is 5.28. The van der Waals surface area contributed by atoms with Gasteiger partial charge in [0.25, 0.3) is 5.91 Å². The summed E-state index contributed by atoms with van der Waals surface area (Å²) in [5, 5.41) is 12.4. The van der Waals surface area contributed by atoms with Crippen molar-refractivity contribution in [2.45, 2.75) is 68.9 Å². The number of hydrogen-bond acceptors (Lipinski definition) is 3. The van der Waals surface area contributed by atoms with E-state index in [4.69, 9.17) is 0 Å². The highest BCUT2D eigenvalue weighted by molar-refractivity contribution is 5.85. The number of aliphatic hydroxyl groups is 1. The summed E-state index contributed by atoms with van der Waals surface area (Å²) in [6, 6.07) is -0.443. The van der Waals surface area contributed by atoms with Gasteiger partial charge in [0, 0.05) is 26.1 Å². The summed E-state index contributed by atoms with van der Waals surface area (Å²) >= 11 is 0. The summed E-state index contributed by atoms with van der Waals surface area (Å²) in [4.78, 5) is 25.5. The van der Waals surface area contributed by atoms with E-state index < -0.39 is 23.5 Å². The van der Waals surface area contributed by atoms with Gasteiger partial charge in [0.15, 0.2) is 0 Å². The minimum atomic E-state index is -3.79. The summed E-state index contributed by atoms with van der Waals surface area (Å²) in [7, 11) is 3.32. The highest BCUT2D eigenvalue weighted by Gasteiger charge is 2.59. The smallest absolute Gasteiger partial charge is 0.352 e. The zero-order valence-electron chi connectivity index (χ0n) is 13.8. The lowest BCUT2D eigenvalue weighted by atomic mass is 9.84. The molecule has 2 atom stereocenters. The molecule has 2 rings (SSSR count). The Morgan fingerprint density at radius 1 is 1.17 bits per heavy atom.